The van der Waals surface area contributed by atoms with Crippen LogP contribution in [0.3, 0.4) is 0 Å². The number of nitrogens with one attached hydrogen (secondary N) is 1. The lowest BCUT2D eigenvalue weighted by Crippen LogP contribution is -2.45. The van der Waals surface area contributed by atoms with Gasteiger partial charge in [0.25, 0.3) is 0 Å². The van der Waals surface area contributed by atoms with E-state index in [0.717, 1.165) is 25.8 Å². The van der Waals surface area contributed by atoms with Gasteiger partial charge in [-0.2, -0.15) is 0 Å². The van der Waals surface area contributed by atoms with E-state index in [1.54, 1.807) is 4.90 Å². The highest BCUT2D eigenvalue weighted by molar-refractivity contribution is 5.75. The van der Waals surface area contributed by atoms with E-state index in [4.69, 9.17) is 5.11 Å². The minimum atomic E-state index is 0.0279. The molecular weight excluding hydrogens is 204 g/mol. The highest BCUT2D eigenvalue weighted by atomic mass is 16.3. The van der Waals surface area contributed by atoms with Gasteiger partial charge in [0, 0.05) is 12.6 Å². The Morgan fingerprint density at radius 1 is 1.56 bits per heavy atom. The molecule has 4 heteroatoms. The van der Waals surface area contributed by atoms with Crippen LogP contribution in [0.4, 0.5) is 4.79 Å². The van der Waals surface area contributed by atoms with E-state index in [1.807, 2.05) is 0 Å². The topological polar surface area (TPSA) is 52.6 Å². The summed E-state index contributed by atoms with van der Waals surface area (Å²) in [6.07, 6.45) is 5.50. The van der Waals surface area contributed by atoms with Crippen LogP contribution in [0.15, 0.2) is 0 Å². The molecule has 0 aromatic carbocycles. The van der Waals surface area contributed by atoms with E-state index in [1.165, 1.54) is 12.8 Å². The Morgan fingerprint density at radius 3 is 3.06 bits per heavy atom. The molecule has 1 saturated carbocycles. The van der Waals surface area contributed by atoms with Gasteiger partial charge in [-0.3, -0.25) is 0 Å². The third kappa shape index (κ3) is 2.48. The number of hydrogen-bond donors (Lipinski definition) is 2. The fraction of sp³-hybridized carbons (Fsp3) is 0.917. The fourth-order valence-corrected chi connectivity index (χ4v) is 2.65. The largest absolute Gasteiger partial charge is 0.394 e. The molecule has 2 fully saturated rings. The molecule has 1 aliphatic carbocycles. The number of nitrogens with zero attached hydrogens (tertiary/aromatic N) is 1. The van der Waals surface area contributed by atoms with Crippen molar-refractivity contribution in [2.75, 3.05) is 13.2 Å². The molecule has 0 radical (unpaired) electrons. The van der Waals surface area contributed by atoms with E-state index < -0.39 is 0 Å². The molecule has 2 N–H and O–H groups in total. The van der Waals surface area contributed by atoms with Gasteiger partial charge in [-0.25, -0.2) is 4.79 Å². The van der Waals surface area contributed by atoms with Crippen molar-refractivity contribution in [3.63, 3.8) is 0 Å². The SMILES string of the molecule is CCCC1CC1NC(=O)N1CCC[C@H]1CO. The number of amides is 2. The summed E-state index contributed by atoms with van der Waals surface area (Å²) in [5.41, 5.74) is 0. The fourth-order valence-electron chi connectivity index (χ4n) is 2.65. The van der Waals surface area contributed by atoms with E-state index in [0.29, 0.717) is 12.0 Å². The quantitative estimate of drug-likeness (QED) is 0.760. The first-order chi connectivity index (χ1) is 7.76. The minimum absolute atomic E-state index is 0.0279. The Morgan fingerprint density at radius 2 is 2.38 bits per heavy atom. The molecule has 16 heavy (non-hydrogen) atoms. The maximum Gasteiger partial charge on any atom is 0.317 e. The standard InChI is InChI=1S/C12H22N2O2/c1-2-4-9-7-11(9)13-12(16)14-6-3-5-10(14)8-15/h9-11,15H,2-8H2,1H3,(H,13,16)/t9?,10-,11?/m0/s1. The van der Waals surface area contributed by atoms with Crippen LogP contribution >= 0.6 is 0 Å². The molecule has 2 unspecified atom stereocenters. The van der Waals surface area contributed by atoms with Crippen LogP contribution in [0.25, 0.3) is 0 Å². The van der Waals surface area contributed by atoms with Crippen molar-refractivity contribution in [3.8, 4) is 0 Å². The highest BCUT2D eigenvalue weighted by Crippen LogP contribution is 2.34. The summed E-state index contributed by atoms with van der Waals surface area (Å²) in [6.45, 7) is 3.07. The normalized spacial score (nSPS) is 32.9. The molecule has 2 amide bonds. The maximum absolute atomic E-state index is 11.9. The molecule has 4 nitrogen and oxygen atoms in total. The molecule has 2 rings (SSSR count). The maximum atomic E-state index is 11.9. The monoisotopic (exact) mass is 226 g/mol. The predicted octanol–water partition coefficient (Wildman–Crippen LogP) is 1.34. The lowest BCUT2D eigenvalue weighted by atomic mass is 10.2. The second-order valence-electron chi connectivity index (χ2n) is 5.01. The van der Waals surface area contributed by atoms with Crippen molar-refractivity contribution in [1.82, 2.24) is 10.2 Å². The van der Waals surface area contributed by atoms with Crippen LogP contribution in [0, 0.1) is 5.92 Å². The molecule has 0 aromatic heterocycles. The molecule has 3 atom stereocenters. The molecule has 1 aliphatic heterocycles. The molecule has 1 saturated heterocycles. The van der Waals surface area contributed by atoms with Crippen LogP contribution in [-0.4, -0.2) is 41.3 Å². The zero-order valence-electron chi connectivity index (χ0n) is 9.98. The van der Waals surface area contributed by atoms with Gasteiger partial charge in [-0.05, 0) is 31.6 Å². The number of aliphatic hydroxyl groups is 1. The number of urea groups is 1. The zero-order chi connectivity index (χ0) is 11.5. The summed E-state index contributed by atoms with van der Waals surface area (Å²) >= 11 is 0. The minimum Gasteiger partial charge on any atom is -0.394 e. The van der Waals surface area contributed by atoms with Crippen LogP contribution < -0.4 is 5.32 Å². The smallest absolute Gasteiger partial charge is 0.317 e. The Labute approximate surface area is 97.0 Å². The van der Waals surface area contributed by atoms with Gasteiger partial charge in [0.05, 0.1) is 12.6 Å². The first-order valence-corrected chi connectivity index (χ1v) is 6.44. The van der Waals surface area contributed by atoms with Gasteiger partial charge >= 0.3 is 6.03 Å². The molecule has 92 valence electrons. The Balaban J connectivity index is 1.76. The van der Waals surface area contributed by atoms with Gasteiger partial charge in [0.15, 0.2) is 0 Å². The van der Waals surface area contributed by atoms with Crippen molar-refractivity contribution < 1.29 is 9.90 Å². The number of carbonyl (C=O) groups is 1. The lowest BCUT2D eigenvalue weighted by Gasteiger charge is -2.23. The summed E-state index contributed by atoms with van der Waals surface area (Å²) in [7, 11) is 0. The average molecular weight is 226 g/mol. The number of carbonyl (C=O) groups excluding carboxylic acids is 1. The summed E-state index contributed by atoms with van der Waals surface area (Å²) in [5.74, 6) is 0.698. The summed E-state index contributed by atoms with van der Waals surface area (Å²) in [4.78, 5) is 13.7. The molecule has 0 bridgehead atoms. The lowest BCUT2D eigenvalue weighted by molar-refractivity contribution is 0.156. The summed E-state index contributed by atoms with van der Waals surface area (Å²) in [5, 5.41) is 12.2. The Kier molecular flexibility index (Phi) is 3.69. The van der Waals surface area contributed by atoms with Gasteiger partial charge in [-0.15, -0.1) is 0 Å². The molecule has 1 heterocycles. The van der Waals surface area contributed by atoms with Crippen LogP contribution in [0.2, 0.25) is 0 Å². The van der Waals surface area contributed by atoms with Gasteiger partial charge in [0.1, 0.15) is 0 Å². The van der Waals surface area contributed by atoms with Crippen molar-refractivity contribution in [2.24, 2.45) is 5.92 Å². The second kappa shape index (κ2) is 5.04. The first-order valence-electron chi connectivity index (χ1n) is 6.44. The Hall–Kier alpha value is -0.770. The average Bonchev–Trinajstić information content (AvgIpc) is 2.84. The summed E-state index contributed by atoms with van der Waals surface area (Å²) < 4.78 is 0. The van der Waals surface area contributed by atoms with Crippen LogP contribution in [-0.2, 0) is 0 Å². The number of likely N-dealkylation sites (tertiary alicyclic amines) is 1. The highest BCUT2D eigenvalue weighted by Gasteiger charge is 2.39. The van der Waals surface area contributed by atoms with Crippen molar-refractivity contribution in [3.05, 3.63) is 0 Å². The third-order valence-electron chi connectivity index (χ3n) is 3.74. The Bertz CT molecular complexity index is 257. The van der Waals surface area contributed by atoms with Gasteiger partial charge in [-0.1, -0.05) is 13.3 Å². The number of aliphatic hydroxyl groups excluding tert-OH is 1. The van der Waals surface area contributed by atoms with Crippen molar-refractivity contribution >= 4 is 6.03 Å². The molecule has 0 aromatic rings. The van der Waals surface area contributed by atoms with Crippen molar-refractivity contribution in [2.45, 2.75) is 51.1 Å². The summed E-state index contributed by atoms with van der Waals surface area (Å²) in [6, 6.07) is 0.468. The third-order valence-corrected chi connectivity index (χ3v) is 3.74. The first kappa shape index (κ1) is 11.7. The van der Waals surface area contributed by atoms with Crippen molar-refractivity contribution in [1.29, 1.82) is 0 Å². The predicted molar refractivity (Wildman–Crippen MR) is 62.1 cm³/mol. The number of rotatable bonds is 4. The van der Waals surface area contributed by atoms with Gasteiger partial charge < -0.3 is 15.3 Å². The zero-order valence-corrected chi connectivity index (χ0v) is 9.98. The molecular formula is C12H22N2O2. The molecule has 0 spiro atoms. The number of hydrogen-bond acceptors (Lipinski definition) is 2. The van der Waals surface area contributed by atoms with E-state index >= 15 is 0 Å². The van der Waals surface area contributed by atoms with Crippen LogP contribution in [0.5, 0.6) is 0 Å². The second-order valence-corrected chi connectivity index (χ2v) is 5.01. The molecule has 2 aliphatic rings. The van der Waals surface area contributed by atoms with E-state index in [-0.39, 0.29) is 18.7 Å². The van der Waals surface area contributed by atoms with Gasteiger partial charge in [0.2, 0.25) is 0 Å². The van der Waals surface area contributed by atoms with Crippen LogP contribution in [0.1, 0.15) is 39.0 Å². The van der Waals surface area contributed by atoms with E-state index in [9.17, 15) is 4.79 Å². The van der Waals surface area contributed by atoms with E-state index in [2.05, 4.69) is 12.2 Å².